The van der Waals surface area contributed by atoms with Crippen LogP contribution in [0.4, 0.5) is 22.7 Å². The average molecular weight is 418 g/mol. The molecule has 0 atom stereocenters. The summed E-state index contributed by atoms with van der Waals surface area (Å²) in [4.78, 5) is 16.0. The summed E-state index contributed by atoms with van der Waals surface area (Å²) in [5.74, 6) is 0. The third kappa shape index (κ3) is 6.09. The van der Waals surface area contributed by atoms with Crippen LogP contribution in [0.1, 0.15) is 13.8 Å². The maximum Gasteiger partial charge on any atom is 0.176 e. The van der Waals surface area contributed by atoms with Crippen LogP contribution in [-0.4, -0.2) is 34.3 Å². The van der Waals surface area contributed by atoms with Gasteiger partial charge in [0.25, 0.3) is 0 Å². The number of rotatable bonds is 6. The minimum absolute atomic E-state index is 0.0245. The highest BCUT2D eigenvalue weighted by Gasteiger charge is 2.15. The number of nitrogens with zero attached hydrogens (tertiary/aromatic N) is 10. The normalized spacial score (nSPS) is 11.6. The van der Waals surface area contributed by atoms with Gasteiger partial charge >= 0.3 is 0 Å². The van der Waals surface area contributed by atoms with Crippen molar-refractivity contribution in [2.45, 2.75) is 13.8 Å². The maximum atomic E-state index is 9.23. The Balaban J connectivity index is 4.16. The second kappa shape index (κ2) is 11.2. The lowest BCUT2D eigenvalue weighted by atomic mass is 10.1. The average Bonchev–Trinajstić information content (AvgIpc) is 2.81. The molecule has 0 fully saturated rings. The lowest BCUT2D eigenvalue weighted by Gasteiger charge is -2.08. The van der Waals surface area contributed by atoms with Gasteiger partial charge in [0.2, 0.25) is 0 Å². The molecule has 0 bridgehead atoms. The molecule has 0 saturated carbocycles. The Kier molecular flexibility index (Phi) is 8.51. The van der Waals surface area contributed by atoms with Crippen molar-refractivity contribution in [1.82, 2.24) is 0 Å². The van der Waals surface area contributed by atoms with E-state index >= 15 is 0 Å². The topological polar surface area (TPSA) is 240 Å². The van der Waals surface area contributed by atoms with Crippen LogP contribution < -0.4 is 0 Å². The van der Waals surface area contributed by atoms with E-state index in [2.05, 4.69) is 20.0 Å². The highest BCUT2D eigenvalue weighted by atomic mass is 14.9. The van der Waals surface area contributed by atoms with Gasteiger partial charge in [-0.1, -0.05) is 0 Å². The van der Waals surface area contributed by atoms with E-state index in [-0.39, 0.29) is 34.2 Å². The second-order valence-corrected chi connectivity index (χ2v) is 5.57. The lowest BCUT2D eigenvalue weighted by molar-refractivity contribution is 1.37. The first kappa shape index (κ1) is 24.2. The van der Waals surface area contributed by atoms with Crippen molar-refractivity contribution in [3.63, 3.8) is 0 Å². The molecule has 1 aromatic carbocycles. The van der Waals surface area contributed by atoms with Crippen molar-refractivity contribution < 1.29 is 0 Å². The molecule has 1 rings (SSSR count). The van der Waals surface area contributed by atoms with E-state index in [9.17, 15) is 10.5 Å². The van der Waals surface area contributed by atoms with Gasteiger partial charge < -0.3 is 0 Å². The monoisotopic (exact) mass is 418 g/mol. The maximum absolute atomic E-state index is 9.23. The predicted molar refractivity (Wildman–Crippen MR) is 115 cm³/mol. The fourth-order valence-corrected chi connectivity index (χ4v) is 1.94. The van der Waals surface area contributed by atoms with Crippen molar-refractivity contribution in [3.8, 4) is 36.4 Å². The van der Waals surface area contributed by atoms with E-state index in [0.717, 1.165) is 0 Å². The largest absolute Gasteiger partial charge is 0.288 e. The van der Waals surface area contributed by atoms with E-state index in [1.165, 1.54) is 38.1 Å². The molecule has 0 aliphatic rings. The van der Waals surface area contributed by atoms with E-state index in [0.29, 0.717) is 0 Å². The zero-order valence-electron chi connectivity index (χ0n) is 16.6. The van der Waals surface area contributed by atoms with Crippen LogP contribution in [0.15, 0.2) is 32.1 Å². The number of benzene rings is 1. The molecule has 2 N–H and O–H groups in total. The Morgan fingerprint density at radius 1 is 0.562 bits per heavy atom. The predicted octanol–water partition coefficient (Wildman–Crippen LogP) is 3.20. The quantitative estimate of drug-likeness (QED) is 0.656. The van der Waals surface area contributed by atoms with Crippen molar-refractivity contribution in [2.75, 3.05) is 0 Å². The number of hydrogen-bond donors (Lipinski definition) is 2. The van der Waals surface area contributed by atoms with Crippen molar-refractivity contribution in [2.24, 2.45) is 20.0 Å². The van der Waals surface area contributed by atoms with E-state index in [1.807, 2.05) is 12.1 Å². The van der Waals surface area contributed by atoms with Gasteiger partial charge in [0.05, 0.1) is 22.7 Å². The molecule has 1 aromatic rings. The minimum atomic E-state index is -0.742. The summed E-state index contributed by atoms with van der Waals surface area (Å²) < 4.78 is 0. The van der Waals surface area contributed by atoms with Crippen LogP contribution in [0.2, 0.25) is 0 Å². The first-order valence-electron chi connectivity index (χ1n) is 8.29. The first-order valence-corrected chi connectivity index (χ1v) is 8.29. The van der Waals surface area contributed by atoms with Gasteiger partial charge in [0, 0.05) is 0 Å². The second-order valence-electron chi connectivity index (χ2n) is 5.57. The van der Waals surface area contributed by atoms with Gasteiger partial charge in [-0.15, -0.1) is 0 Å². The molecular weight excluding hydrogens is 408 g/mol. The zero-order chi connectivity index (χ0) is 24.3. The van der Waals surface area contributed by atoms with Crippen molar-refractivity contribution >= 4 is 57.0 Å². The SMILES string of the molecule is CC(C#N)=Nc1cc(N=C(C#N)C(=N)C#N)c(N=C(C#N)C(=N)C#N)cc1N=C(C)C#N. The van der Waals surface area contributed by atoms with E-state index in [4.69, 9.17) is 31.9 Å². The number of nitriles is 6. The molecule has 0 aromatic heterocycles. The van der Waals surface area contributed by atoms with Gasteiger partial charge in [-0.3, -0.25) is 10.8 Å². The third-order valence-corrected chi connectivity index (χ3v) is 3.35. The summed E-state index contributed by atoms with van der Waals surface area (Å²) in [5, 5.41) is 69.4. The Morgan fingerprint density at radius 3 is 1.12 bits per heavy atom. The summed E-state index contributed by atoms with van der Waals surface area (Å²) >= 11 is 0. The first-order chi connectivity index (χ1) is 15.2. The summed E-state index contributed by atoms with van der Waals surface area (Å²) in [6.45, 7) is 2.82. The standard InChI is InChI=1S/C20H10N12/c1-11(5-21)29-15-3-17(31-19(9-25)13(27)7-23)18(4-16(15)30-12(2)6-22)32-20(10-26)14(28)8-24/h3-4,27-28H,1-2H3. The number of nitrogens with one attached hydrogen (secondary N) is 2. The van der Waals surface area contributed by atoms with Crippen LogP contribution in [0, 0.1) is 78.8 Å². The molecule has 0 aliphatic heterocycles. The Bertz CT molecular complexity index is 1270. The molecule has 0 unspecified atom stereocenters. The smallest absolute Gasteiger partial charge is 0.176 e. The van der Waals surface area contributed by atoms with Gasteiger partial charge in [-0.25, -0.2) is 20.0 Å². The molecule has 0 spiro atoms. The van der Waals surface area contributed by atoms with Crippen molar-refractivity contribution in [3.05, 3.63) is 12.1 Å². The molecule has 32 heavy (non-hydrogen) atoms. The number of hydrogen-bond acceptors (Lipinski definition) is 12. The van der Waals surface area contributed by atoms with Gasteiger partial charge in [-0.05, 0) is 26.0 Å². The Hall–Kier alpha value is -5.82. The number of aliphatic imine (C=N–C) groups is 4. The molecule has 0 radical (unpaired) electrons. The van der Waals surface area contributed by atoms with Crippen LogP contribution >= 0.6 is 0 Å². The molecular formula is C20H10N12. The summed E-state index contributed by atoms with van der Waals surface area (Å²) in [6, 6.07) is 12.2. The zero-order valence-corrected chi connectivity index (χ0v) is 16.6. The summed E-state index contributed by atoms with van der Waals surface area (Å²) in [6.07, 6.45) is 0. The fraction of sp³-hybridized carbons (Fsp3) is 0.100. The van der Waals surface area contributed by atoms with E-state index < -0.39 is 22.8 Å². The minimum Gasteiger partial charge on any atom is -0.288 e. The molecule has 0 saturated heterocycles. The van der Waals surface area contributed by atoms with Crippen molar-refractivity contribution in [1.29, 1.82) is 42.4 Å². The Labute approximate surface area is 182 Å². The van der Waals surface area contributed by atoms with Gasteiger partial charge in [0.15, 0.2) is 22.8 Å². The van der Waals surface area contributed by atoms with Crippen LogP contribution in [0.25, 0.3) is 0 Å². The highest BCUT2D eigenvalue weighted by Crippen LogP contribution is 2.40. The molecule has 12 heteroatoms. The molecule has 150 valence electrons. The van der Waals surface area contributed by atoms with Crippen LogP contribution in [-0.2, 0) is 0 Å². The Morgan fingerprint density at radius 2 is 0.875 bits per heavy atom. The molecule has 0 aliphatic carbocycles. The summed E-state index contributed by atoms with van der Waals surface area (Å²) in [7, 11) is 0. The van der Waals surface area contributed by atoms with E-state index in [1.54, 1.807) is 12.1 Å². The molecule has 0 heterocycles. The van der Waals surface area contributed by atoms with Gasteiger partial charge in [-0.2, -0.15) is 31.6 Å². The van der Waals surface area contributed by atoms with Crippen LogP contribution in [0.5, 0.6) is 0 Å². The van der Waals surface area contributed by atoms with Crippen LogP contribution in [0.3, 0.4) is 0 Å². The molecule has 12 nitrogen and oxygen atoms in total. The lowest BCUT2D eigenvalue weighted by Crippen LogP contribution is -2.08. The summed E-state index contributed by atoms with van der Waals surface area (Å²) in [5.41, 5.74) is -2.80. The third-order valence-electron chi connectivity index (χ3n) is 3.35. The van der Waals surface area contributed by atoms with Gasteiger partial charge in [0.1, 0.15) is 47.8 Å². The fourth-order valence-electron chi connectivity index (χ4n) is 1.94. The highest BCUT2D eigenvalue weighted by molar-refractivity contribution is 6.53. The molecule has 0 amide bonds.